The monoisotopic (exact) mass is 278 g/mol. The number of carbonyl (C=O) groups excluding carboxylic acids is 2. The minimum Gasteiger partial charge on any atom is -0.273 e. The Morgan fingerprint density at radius 2 is 1.79 bits per heavy atom. The second-order valence-corrected chi connectivity index (χ2v) is 5.63. The lowest BCUT2D eigenvalue weighted by Gasteiger charge is -2.07. The van der Waals surface area contributed by atoms with Gasteiger partial charge in [0.2, 0.25) is 11.8 Å². The average molecular weight is 279 g/mol. The van der Waals surface area contributed by atoms with Crippen LogP contribution in [0.1, 0.15) is 30.7 Å². The summed E-state index contributed by atoms with van der Waals surface area (Å²) in [5.74, 6) is -0.0213. The normalized spacial score (nSPS) is 24.7. The van der Waals surface area contributed by atoms with Crippen molar-refractivity contribution in [2.24, 2.45) is 11.8 Å². The van der Waals surface area contributed by atoms with Gasteiger partial charge in [0, 0.05) is 16.9 Å². The lowest BCUT2D eigenvalue weighted by atomic mass is 10.1. The Morgan fingerprint density at radius 1 is 1.11 bits per heavy atom. The van der Waals surface area contributed by atoms with E-state index in [0.717, 1.165) is 24.8 Å². The molecule has 0 radical (unpaired) electrons. The summed E-state index contributed by atoms with van der Waals surface area (Å²) in [4.78, 5) is 23.3. The van der Waals surface area contributed by atoms with E-state index in [1.165, 1.54) is 0 Å². The van der Waals surface area contributed by atoms with Crippen molar-refractivity contribution in [3.05, 3.63) is 34.9 Å². The molecule has 2 N–H and O–H groups in total. The summed E-state index contributed by atoms with van der Waals surface area (Å²) in [5.41, 5.74) is 6.00. The van der Waals surface area contributed by atoms with Crippen molar-refractivity contribution in [2.45, 2.75) is 25.2 Å². The van der Waals surface area contributed by atoms with Gasteiger partial charge in [-0.2, -0.15) is 0 Å². The van der Waals surface area contributed by atoms with Crippen molar-refractivity contribution in [1.82, 2.24) is 10.9 Å². The molecule has 2 fully saturated rings. The van der Waals surface area contributed by atoms with Gasteiger partial charge in [-0.1, -0.05) is 29.8 Å². The van der Waals surface area contributed by atoms with Crippen LogP contribution >= 0.6 is 11.6 Å². The molecule has 0 aromatic heterocycles. The average Bonchev–Trinajstić information content (AvgIpc) is 3.28. The molecule has 1 aromatic carbocycles. The lowest BCUT2D eigenvalue weighted by molar-refractivity contribution is -0.130. The van der Waals surface area contributed by atoms with Crippen LogP contribution in [0.2, 0.25) is 5.02 Å². The van der Waals surface area contributed by atoms with E-state index >= 15 is 0 Å². The maximum atomic E-state index is 11.9. The molecule has 2 saturated carbocycles. The number of hydrazine groups is 1. The maximum absolute atomic E-state index is 11.9. The van der Waals surface area contributed by atoms with Crippen LogP contribution in [0.4, 0.5) is 0 Å². The van der Waals surface area contributed by atoms with Crippen LogP contribution in [0.5, 0.6) is 0 Å². The van der Waals surface area contributed by atoms with Gasteiger partial charge in [0.05, 0.1) is 0 Å². The van der Waals surface area contributed by atoms with Crippen LogP contribution in [0.3, 0.4) is 0 Å². The van der Waals surface area contributed by atoms with Crippen LogP contribution in [0.25, 0.3) is 0 Å². The van der Waals surface area contributed by atoms with Crippen LogP contribution in [-0.4, -0.2) is 11.8 Å². The number of rotatable bonds is 3. The Bertz CT molecular complexity index is 528. The number of hydrogen-bond acceptors (Lipinski definition) is 2. The third-order valence-corrected chi connectivity index (χ3v) is 4.03. The van der Waals surface area contributed by atoms with Crippen LogP contribution < -0.4 is 10.9 Å². The number of carbonyl (C=O) groups is 2. The fourth-order valence-corrected chi connectivity index (χ4v) is 2.54. The summed E-state index contributed by atoms with van der Waals surface area (Å²) in [6, 6.07) is 7.57. The summed E-state index contributed by atoms with van der Waals surface area (Å²) < 4.78 is 0. The van der Waals surface area contributed by atoms with E-state index < -0.39 is 0 Å². The number of benzene rings is 1. The van der Waals surface area contributed by atoms with Crippen molar-refractivity contribution in [3.63, 3.8) is 0 Å². The topological polar surface area (TPSA) is 58.2 Å². The fraction of sp³-hybridized carbons (Fsp3) is 0.429. The molecule has 5 heteroatoms. The number of halogens is 1. The van der Waals surface area contributed by atoms with Crippen LogP contribution in [0, 0.1) is 11.8 Å². The molecule has 2 atom stereocenters. The van der Waals surface area contributed by atoms with Crippen molar-refractivity contribution in [2.75, 3.05) is 0 Å². The molecular weight excluding hydrogens is 264 g/mol. The standard InChI is InChI=1S/C14H15ClN2O2/c15-12-4-2-1-3-9(12)10-7-11(10)14(19)17-16-13(18)8-5-6-8/h1-4,8,10-11H,5-7H2,(H,16,18)(H,17,19). The molecular formula is C14H15ClN2O2. The smallest absolute Gasteiger partial charge is 0.242 e. The molecule has 0 heterocycles. The Labute approximate surface area is 116 Å². The zero-order valence-corrected chi connectivity index (χ0v) is 11.1. The molecule has 2 aliphatic carbocycles. The van der Waals surface area contributed by atoms with Gasteiger partial charge >= 0.3 is 0 Å². The van der Waals surface area contributed by atoms with Gasteiger partial charge in [-0.25, -0.2) is 0 Å². The van der Waals surface area contributed by atoms with E-state index in [9.17, 15) is 9.59 Å². The Morgan fingerprint density at radius 3 is 2.47 bits per heavy atom. The highest BCUT2D eigenvalue weighted by molar-refractivity contribution is 6.31. The van der Waals surface area contributed by atoms with E-state index in [0.29, 0.717) is 5.02 Å². The van der Waals surface area contributed by atoms with Gasteiger partial charge in [0.15, 0.2) is 0 Å². The van der Waals surface area contributed by atoms with Gasteiger partial charge in [0.25, 0.3) is 0 Å². The van der Waals surface area contributed by atoms with Gasteiger partial charge < -0.3 is 0 Å². The Hall–Kier alpha value is -1.55. The number of hydrogen-bond donors (Lipinski definition) is 2. The van der Waals surface area contributed by atoms with Crippen molar-refractivity contribution < 1.29 is 9.59 Å². The molecule has 0 spiro atoms. The SMILES string of the molecule is O=C(NNC(=O)C1CC1c1ccccc1Cl)C1CC1. The second kappa shape index (κ2) is 4.85. The largest absolute Gasteiger partial charge is 0.273 e. The Kier molecular flexibility index (Phi) is 3.19. The molecule has 0 saturated heterocycles. The minimum atomic E-state index is -0.126. The summed E-state index contributed by atoms with van der Waals surface area (Å²) in [6.07, 6.45) is 2.63. The summed E-state index contributed by atoms with van der Waals surface area (Å²) in [6.45, 7) is 0. The van der Waals surface area contributed by atoms with Gasteiger partial charge in [-0.3, -0.25) is 20.4 Å². The van der Waals surface area contributed by atoms with E-state index in [1.54, 1.807) is 0 Å². The van der Waals surface area contributed by atoms with Crippen LogP contribution in [0.15, 0.2) is 24.3 Å². The molecule has 4 nitrogen and oxygen atoms in total. The van der Waals surface area contributed by atoms with E-state index in [2.05, 4.69) is 10.9 Å². The molecule has 0 bridgehead atoms. The van der Waals surface area contributed by atoms with E-state index in [-0.39, 0.29) is 29.6 Å². The summed E-state index contributed by atoms with van der Waals surface area (Å²) >= 11 is 6.11. The first-order chi connectivity index (χ1) is 9.16. The Balaban J connectivity index is 1.53. The number of nitrogens with one attached hydrogen (secondary N) is 2. The first-order valence-electron chi connectivity index (χ1n) is 6.51. The van der Waals surface area contributed by atoms with Crippen molar-refractivity contribution in [3.8, 4) is 0 Å². The molecule has 2 aliphatic rings. The van der Waals surface area contributed by atoms with Gasteiger partial charge in [-0.05, 0) is 36.8 Å². The first-order valence-corrected chi connectivity index (χ1v) is 6.88. The fourth-order valence-electron chi connectivity index (χ4n) is 2.27. The molecule has 0 aliphatic heterocycles. The summed E-state index contributed by atoms with van der Waals surface area (Å²) in [7, 11) is 0. The summed E-state index contributed by atoms with van der Waals surface area (Å²) in [5, 5.41) is 0.699. The maximum Gasteiger partial charge on any atom is 0.242 e. The van der Waals surface area contributed by atoms with E-state index in [1.807, 2.05) is 24.3 Å². The quantitative estimate of drug-likeness (QED) is 0.831. The number of amides is 2. The molecule has 2 amide bonds. The molecule has 1 aromatic rings. The molecule has 19 heavy (non-hydrogen) atoms. The van der Waals surface area contributed by atoms with E-state index in [4.69, 9.17) is 11.6 Å². The second-order valence-electron chi connectivity index (χ2n) is 5.22. The van der Waals surface area contributed by atoms with Gasteiger partial charge in [-0.15, -0.1) is 0 Å². The molecule has 3 rings (SSSR count). The highest BCUT2D eigenvalue weighted by Crippen LogP contribution is 2.49. The first kappa shape index (κ1) is 12.5. The third-order valence-electron chi connectivity index (χ3n) is 3.69. The minimum absolute atomic E-state index is 0.0803. The lowest BCUT2D eigenvalue weighted by Crippen LogP contribution is -2.43. The van der Waals surface area contributed by atoms with Crippen LogP contribution in [-0.2, 0) is 9.59 Å². The molecule has 2 unspecified atom stereocenters. The highest BCUT2D eigenvalue weighted by atomic mass is 35.5. The van der Waals surface area contributed by atoms with Crippen molar-refractivity contribution in [1.29, 1.82) is 0 Å². The zero-order valence-electron chi connectivity index (χ0n) is 10.4. The van der Waals surface area contributed by atoms with Gasteiger partial charge in [0.1, 0.15) is 0 Å². The predicted molar refractivity (Wildman–Crippen MR) is 71.3 cm³/mol. The van der Waals surface area contributed by atoms with Crippen molar-refractivity contribution >= 4 is 23.4 Å². The molecule has 100 valence electrons. The predicted octanol–water partition coefficient (Wildman–Crippen LogP) is 2.00. The third kappa shape index (κ3) is 2.73. The highest BCUT2D eigenvalue weighted by Gasteiger charge is 2.45. The zero-order chi connectivity index (χ0) is 13.4.